The van der Waals surface area contributed by atoms with Crippen LogP contribution >= 0.6 is 0 Å². The van der Waals surface area contributed by atoms with E-state index >= 15 is 0 Å². The zero-order valence-electron chi connectivity index (χ0n) is 15.2. The highest BCUT2D eigenvalue weighted by atomic mass is 16.5. The molecule has 3 aromatic rings. The van der Waals surface area contributed by atoms with Crippen molar-refractivity contribution in [2.24, 2.45) is 5.73 Å². The fourth-order valence-corrected chi connectivity index (χ4v) is 3.06. The second-order valence-electron chi connectivity index (χ2n) is 5.99. The van der Waals surface area contributed by atoms with Crippen molar-refractivity contribution in [2.75, 3.05) is 21.3 Å². The van der Waals surface area contributed by atoms with Crippen molar-refractivity contribution in [2.45, 2.75) is 5.54 Å². The summed E-state index contributed by atoms with van der Waals surface area (Å²) in [6.07, 6.45) is 0. The first-order chi connectivity index (χ1) is 12.6. The molecule has 134 valence electrons. The van der Waals surface area contributed by atoms with E-state index in [9.17, 15) is 0 Å². The minimum atomic E-state index is -0.815. The van der Waals surface area contributed by atoms with Gasteiger partial charge in [0, 0.05) is 0 Å². The Morgan fingerprint density at radius 1 is 0.500 bits per heavy atom. The number of nitrogens with two attached hydrogens (primary N) is 1. The third kappa shape index (κ3) is 3.24. The van der Waals surface area contributed by atoms with E-state index < -0.39 is 5.54 Å². The van der Waals surface area contributed by atoms with Crippen LogP contribution in [0.15, 0.2) is 72.8 Å². The fourth-order valence-electron chi connectivity index (χ4n) is 3.06. The van der Waals surface area contributed by atoms with E-state index in [2.05, 4.69) is 0 Å². The Labute approximate surface area is 154 Å². The summed E-state index contributed by atoms with van der Waals surface area (Å²) in [6.45, 7) is 0. The minimum absolute atomic E-state index is 0.792. The largest absolute Gasteiger partial charge is 0.497 e. The molecule has 0 spiro atoms. The van der Waals surface area contributed by atoms with E-state index in [0.717, 1.165) is 33.9 Å². The first-order valence-electron chi connectivity index (χ1n) is 8.34. The normalized spacial score (nSPS) is 11.1. The van der Waals surface area contributed by atoms with Gasteiger partial charge in [-0.1, -0.05) is 36.4 Å². The first kappa shape index (κ1) is 17.8. The van der Waals surface area contributed by atoms with Gasteiger partial charge < -0.3 is 19.9 Å². The van der Waals surface area contributed by atoms with Crippen molar-refractivity contribution >= 4 is 0 Å². The molecule has 0 radical (unpaired) electrons. The van der Waals surface area contributed by atoms with Crippen molar-refractivity contribution in [3.63, 3.8) is 0 Å². The van der Waals surface area contributed by atoms with Crippen LogP contribution in [0.5, 0.6) is 17.2 Å². The van der Waals surface area contributed by atoms with Gasteiger partial charge in [0.25, 0.3) is 0 Å². The first-order valence-corrected chi connectivity index (χ1v) is 8.34. The summed E-state index contributed by atoms with van der Waals surface area (Å²) in [7, 11) is 4.95. The molecule has 3 aromatic carbocycles. The lowest BCUT2D eigenvalue weighted by Crippen LogP contribution is -2.39. The predicted octanol–water partition coefficient (Wildman–Crippen LogP) is 3.96. The van der Waals surface area contributed by atoms with Gasteiger partial charge in [-0.3, -0.25) is 0 Å². The molecule has 0 aliphatic carbocycles. The van der Waals surface area contributed by atoms with Gasteiger partial charge in [0.1, 0.15) is 17.2 Å². The summed E-state index contributed by atoms with van der Waals surface area (Å²) in [5.41, 5.74) is 9.10. The van der Waals surface area contributed by atoms with Crippen LogP contribution in [-0.2, 0) is 5.54 Å². The van der Waals surface area contributed by atoms with Gasteiger partial charge in [-0.05, 0) is 53.1 Å². The summed E-state index contributed by atoms with van der Waals surface area (Å²) in [5, 5.41) is 0. The van der Waals surface area contributed by atoms with Crippen LogP contribution in [0.3, 0.4) is 0 Å². The van der Waals surface area contributed by atoms with E-state index in [1.165, 1.54) is 0 Å². The molecule has 0 unspecified atom stereocenters. The van der Waals surface area contributed by atoms with E-state index in [4.69, 9.17) is 19.9 Å². The van der Waals surface area contributed by atoms with Gasteiger partial charge in [0.2, 0.25) is 0 Å². The molecule has 4 heteroatoms. The SMILES string of the molecule is COc1ccc(C(N)(c2ccc(OC)cc2)c2ccc(OC)cc2)cc1. The van der Waals surface area contributed by atoms with Crippen molar-refractivity contribution in [3.05, 3.63) is 89.5 Å². The molecule has 0 bridgehead atoms. The Bertz CT molecular complexity index is 724. The Morgan fingerprint density at radius 2 is 0.731 bits per heavy atom. The standard InChI is InChI=1S/C22H23NO3/c1-24-19-10-4-16(5-11-19)22(23,17-6-12-20(25-2)13-7-17)18-8-14-21(26-3)15-9-18/h4-15H,23H2,1-3H3. The van der Waals surface area contributed by atoms with Crippen LogP contribution in [0.1, 0.15) is 16.7 Å². The number of methoxy groups -OCH3 is 3. The van der Waals surface area contributed by atoms with E-state index in [1.807, 2.05) is 72.8 Å². The van der Waals surface area contributed by atoms with Crippen molar-refractivity contribution in [1.82, 2.24) is 0 Å². The maximum Gasteiger partial charge on any atom is 0.118 e. The van der Waals surface area contributed by atoms with Gasteiger partial charge in [0.15, 0.2) is 0 Å². The Hall–Kier alpha value is -2.98. The number of hydrogen-bond donors (Lipinski definition) is 1. The number of benzene rings is 3. The van der Waals surface area contributed by atoms with Crippen molar-refractivity contribution < 1.29 is 14.2 Å². The lowest BCUT2D eigenvalue weighted by Gasteiger charge is -2.32. The topological polar surface area (TPSA) is 53.7 Å². The molecule has 26 heavy (non-hydrogen) atoms. The molecule has 0 atom stereocenters. The van der Waals surface area contributed by atoms with Gasteiger partial charge in [-0.15, -0.1) is 0 Å². The van der Waals surface area contributed by atoms with E-state index in [0.29, 0.717) is 0 Å². The summed E-state index contributed by atoms with van der Waals surface area (Å²) >= 11 is 0. The average molecular weight is 349 g/mol. The molecular weight excluding hydrogens is 326 g/mol. The van der Waals surface area contributed by atoms with E-state index in [-0.39, 0.29) is 0 Å². The second kappa shape index (κ2) is 7.50. The highest BCUT2D eigenvalue weighted by Crippen LogP contribution is 2.36. The quantitative estimate of drug-likeness (QED) is 0.684. The van der Waals surface area contributed by atoms with Crippen LogP contribution in [0, 0.1) is 0 Å². The lowest BCUT2D eigenvalue weighted by atomic mass is 9.78. The number of ether oxygens (including phenoxy) is 3. The lowest BCUT2D eigenvalue weighted by molar-refractivity contribution is 0.413. The van der Waals surface area contributed by atoms with Crippen LogP contribution in [0.25, 0.3) is 0 Å². The highest BCUT2D eigenvalue weighted by molar-refractivity contribution is 5.51. The van der Waals surface area contributed by atoms with Crippen LogP contribution in [-0.4, -0.2) is 21.3 Å². The van der Waals surface area contributed by atoms with E-state index in [1.54, 1.807) is 21.3 Å². The maximum atomic E-state index is 7.01. The smallest absolute Gasteiger partial charge is 0.118 e. The molecule has 3 rings (SSSR count). The monoisotopic (exact) mass is 349 g/mol. The number of rotatable bonds is 6. The Balaban J connectivity index is 2.15. The molecular formula is C22H23NO3. The Kier molecular flexibility index (Phi) is 5.14. The third-order valence-corrected chi connectivity index (χ3v) is 4.64. The maximum absolute atomic E-state index is 7.01. The third-order valence-electron chi connectivity index (χ3n) is 4.64. The summed E-state index contributed by atoms with van der Waals surface area (Å²) in [6, 6.07) is 23.5. The van der Waals surface area contributed by atoms with Crippen LogP contribution in [0.4, 0.5) is 0 Å². The molecule has 0 fully saturated rings. The van der Waals surface area contributed by atoms with Gasteiger partial charge in [-0.25, -0.2) is 0 Å². The molecule has 0 aliphatic heterocycles. The summed E-state index contributed by atoms with van der Waals surface area (Å²) < 4.78 is 15.8. The van der Waals surface area contributed by atoms with Gasteiger partial charge >= 0.3 is 0 Å². The molecule has 4 nitrogen and oxygen atoms in total. The highest BCUT2D eigenvalue weighted by Gasteiger charge is 2.32. The van der Waals surface area contributed by atoms with Crippen LogP contribution in [0.2, 0.25) is 0 Å². The molecule has 0 saturated heterocycles. The fraction of sp³-hybridized carbons (Fsp3) is 0.182. The van der Waals surface area contributed by atoms with Crippen molar-refractivity contribution in [3.8, 4) is 17.2 Å². The average Bonchev–Trinajstić information content (AvgIpc) is 2.73. The summed E-state index contributed by atoms with van der Waals surface area (Å²) in [4.78, 5) is 0. The molecule has 0 aromatic heterocycles. The molecule has 0 saturated carbocycles. The van der Waals surface area contributed by atoms with Crippen LogP contribution < -0.4 is 19.9 Å². The molecule has 0 heterocycles. The minimum Gasteiger partial charge on any atom is -0.497 e. The number of hydrogen-bond acceptors (Lipinski definition) is 4. The zero-order chi connectivity index (χ0) is 18.6. The summed E-state index contributed by atoms with van der Waals surface area (Å²) in [5.74, 6) is 2.38. The predicted molar refractivity (Wildman–Crippen MR) is 103 cm³/mol. The second-order valence-corrected chi connectivity index (χ2v) is 5.99. The molecule has 0 amide bonds. The van der Waals surface area contributed by atoms with Crippen molar-refractivity contribution in [1.29, 1.82) is 0 Å². The zero-order valence-corrected chi connectivity index (χ0v) is 15.2. The molecule has 2 N–H and O–H groups in total. The molecule has 0 aliphatic rings. The van der Waals surface area contributed by atoms with Gasteiger partial charge in [0.05, 0.1) is 26.9 Å². The van der Waals surface area contributed by atoms with Gasteiger partial charge in [-0.2, -0.15) is 0 Å². The Morgan fingerprint density at radius 3 is 0.923 bits per heavy atom.